The molecule has 0 rings (SSSR count). The first kappa shape index (κ1) is 20.7. The lowest BCUT2D eigenvalue weighted by Gasteiger charge is -2.38. The Balaban J connectivity index is 5.67. The van der Waals surface area contributed by atoms with Gasteiger partial charge in [0.2, 0.25) is 0 Å². The zero-order valence-corrected chi connectivity index (χ0v) is 15.8. The van der Waals surface area contributed by atoms with E-state index in [4.69, 9.17) is 29.9 Å². The van der Waals surface area contributed by atoms with Crippen LogP contribution in [0.25, 0.3) is 0 Å². The first-order chi connectivity index (χ1) is 9.31. The molecule has 0 fully saturated rings. The van der Waals surface area contributed by atoms with Gasteiger partial charge in [0.1, 0.15) is 0 Å². The fourth-order valence-corrected chi connectivity index (χ4v) is 8.42. The lowest BCUT2D eigenvalue weighted by Crippen LogP contribution is -2.29. The molecule has 0 bridgehead atoms. The third-order valence-electron chi connectivity index (χ3n) is 2.13. The van der Waals surface area contributed by atoms with Gasteiger partial charge in [-0.1, -0.05) is 0 Å². The summed E-state index contributed by atoms with van der Waals surface area (Å²) in [4.78, 5) is 0. The molecule has 0 saturated heterocycles. The molecule has 0 atom stereocenters. The van der Waals surface area contributed by atoms with Crippen LogP contribution in [0.4, 0.5) is 0 Å². The van der Waals surface area contributed by atoms with E-state index < -0.39 is 14.4 Å². The van der Waals surface area contributed by atoms with Gasteiger partial charge < -0.3 is 9.05 Å². The molecule has 0 saturated carbocycles. The Morgan fingerprint density at radius 2 is 1.25 bits per heavy atom. The van der Waals surface area contributed by atoms with Gasteiger partial charge in [-0.3, -0.25) is 9.05 Å². The van der Waals surface area contributed by atoms with Crippen LogP contribution in [0, 0.1) is 0 Å². The maximum Gasteiger partial charge on any atom is 0.415 e. The van der Waals surface area contributed by atoms with Gasteiger partial charge in [0.25, 0.3) is 6.64 Å². The largest absolute Gasteiger partial charge is 0.415 e. The van der Waals surface area contributed by atoms with Crippen molar-refractivity contribution in [3.8, 4) is 0 Å². The molecule has 0 aliphatic heterocycles. The van der Waals surface area contributed by atoms with Crippen molar-refractivity contribution in [2.75, 3.05) is 26.4 Å². The second-order valence-corrected chi connectivity index (χ2v) is 9.49. The Bertz CT molecular complexity index is 317. The van der Waals surface area contributed by atoms with Crippen LogP contribution < -0.4 is 0 Å². The van der Waals surface area contributed by atoms with E-state index in [0.29, 0.717) is 13.2 Å². The van der Waals surface area contributed by atoms with Crippen molar-refractivity contribution in [3.05, 3.63) is 0 Å². The van der Waals surface area contributed by atoms with Crippen LogP contribution in [0.15, 0.2) is 0 Å². The smallest absolute Gasteiger partial charge is 0.318 e. The third-order valence-corrected chi connectivity index (χ3v) is 9.29. The van der Waals surface area contributed by atoms with E-state index in [1.54, 1.807) is 13.8 Å². The quantitative estimate of drug-likeness (QED) is 0.520. The number of hydrogen-bond donors (Lipinski definition) is 0. The van der Waals surface area contributed by atoms with Crippen molar-refractivity contribution in [1.82, 2.24) is 4.44 Å². The van der Waals surface area contributed by atoms with Crippen LogP contribution in [-0.2, 0) is 34.5 Å². The summed E-state index contributed by atoms with van der Waals surface area (Å²) in [5, 5.41) is 0. The maximum atomic E-state index is 13.0. The second kappa shape index (κ2) is 9.65. The zero-order chi connectivity index (χ0) is 15.8. The first-order valence-corrected chi connectivity index (χ1v) is 11.0. The van der Waals surface area contributed by atoms with Crippen molar-refractivity contribution >= 4 is 26.2 Å². The van der Waals surface area contributed by atoms with Crippen LogP contribution in [-0.4, -0.2) is 36.9 Å². The van der Waals surface area contributed by atoms with Gasteiger partial charge in [-0.15, -0.1) is 4.44 Å². The van der Waals surface area contributed by atoms with Crippen molar-refractivity contribution in [2.45, 2.75) is 47.6 Å². The molecule has 0 heterocycles. The average molecular weight is 347 g/mol. The highest BCUT2D eigenvalue weighted by Gasteiger charge is 2.46. The van der Waals surface area contributed by atoms with Gasteiger partial charge in [-0.2, -0.15) is 0 Å². The summed E-state index contributed by atoms with van der Waals surface area (Å²) in [7, 11) is -3.54. The molecule has 0 aliphatic rings. The molecule has 122 valence electrons. The first-order valence-electron chi connectivity index (χ1n) is 6.89. The molecule has 0 aliphatic carbocycles. The van der Waals surface area contributed by atoms with Gasteiger partial charge in [0.15, 0.2) is 0 Å². The van der Waals surface area contributed by atoms with E-state index in [1.807, 2.05) is 27.7 Å². The fraction of sp³-hybridized carbons (Fsp3) is 1.00. The summed E-state index contributed by atoms with van der Waals surface area (Å²) < 4.78 is 36.6. The maximum absolute atomic E-state index is 13.0. The average Bonchev–Trinajstić information content (AvgIpc) is 2.28. The Hall–Kier alpha value is 0.680. The van der Waals surface area contributed by atoms with E-state index >= 15 is 0 Å². The monoisotopic (exact) mass is 347 g/mol. The summed E-state index contributed by atoms with van der Waals surface area (Å²) >= 11 is 5.53. The van der Waals surface area contributed by atoms with Crippen molar-refractivity contribution in [1.29, 1.82) is 0 Å². The highest BCUT2D eigenvalue weighted by Crippen LogP contribution is 2.69. The normalized spacial score (nSPS) is 13.4. The van der Waals surface area contributed by atoms with Crippen LogP contribution in [0.2, 0.25) is 0 Å². The van der Waals surface area contributed by atoms with Crippen LogP contribution in [0.3, 0.4) is 0 Å². The van der Waals surface area contributed by atoms with Crippen molar-refractivity contribution < 1.29 is 22.7 Å². The fourth-order valence-electron chi connectivity index (χ4n) is 1.66. The van der Waals surface area contributed by atoms with Crippen molar-refractivity contribution in [2.24, 2.45) is 0 Å². The lowest BCUT2D eigenvalue weighted by atomic mass is 10.4. The molecule has 9 heteroatoms. The Kier molecular flexibility index (Phi) is 9.98. The molecule has 0 amide bonds. The van der Waals surface area contributed by atoms with Crippen LogP contribution in [0.1, 0.15) is 41.5 Å². The summed E-state index contributed by atoms with van der Waals surface area (Å²) in [6.07, 6.45) is 0. The van der Waals surface area contributed by atoms with Crippen LogP contribution in [0.5, 0.6) is 0 Å². The minimum absolute atomic E-state index is 0.192. The van der Waals surface area contributed by atoms with Gasteiger partial charge in [0.05, 0.1) is 26.4 Å². The molecule has 0 N–H and O–H groups in total. The summed E-state index contributed by atoms with van der Waals surface area (Å²) in [6, 6.07) is -0.192. The van der Waals surface area contributed by atoms with E-state index in [2.05, 4.69) is 0 Å². The van der Waals surface area contributed by atoms with E-state index in [9.17, 15) is 4.57 Å². The number of hydrogen-bond acceptors (Lipinski definition) is 6. The summed E-state index contributed by atoms with van der Waals surface area (Å²) in [6.45, 7) is 9.25. The molecule has 0 aromatic carbocycles. The highest BCUT2D eigenvalue weighted by atomic mass is 32.5. The van der Waals surface area contributed by atoms with Gasteiger partial charge >= 0.3 is 7.75 Å². The van der Waals surface area contributed by atoms with Crippen LogP contribution >= 0.6 is 14.4 Å². The third kappa shape index (κ3) is 5.47. The molecule has 0 spiro atoms. The SMILES string of the molecule is CCOP(=O)(OCC)N(C(C)C)P(=S)(OCC)OCC. The number of rotatable bonds is 11. The molecular formula is C11H27NO5P2S. The molecule has 0 unspecified atom stereocenters. The van der Waals surface area contributed by atoms with Gasteiger partial charge in [-0.25, -0.2) is 4.57 Å². The van der Waals surface area contributed by atoms with Gasteiger partial charge in [-0.05, 0) is 53.3 Å². The molecule has 20 heavy (non-hydrogen) atoms. The highest BCUT2D eigenvalue weighted by molar-refractivity contribution is 8.10. The zero-order valence-electron chi connectivity index (χ0n) is 13.2. The Morgan fingerprint density at radius 3 is 1.50 bits per heavy atom. The molecule has 0 aromatic rings. The predicted octanol–water partition coefficient (Wildman–Crippen LogP) is 4.18. The van der Waals surface area contributed by atoms with Crippen molar-refractivity contribution in [3.63, 3.8) is 0 Å². The standard InChI is InChI=1S/C11H27NO5P2S/c1-7-14-18(13,15-8-2)12(11(5)6)19(20,16-9-3)17-10-4/h11H,7-10H2,1-6H3. The van der Waals surface area contributed by atoms with Gasteiger partial charge in [0, 0.05) is 6.04 Å². The van der Waals surface area contributed by atoms with E-state index in [-0.39, 0.29) is 19.3 Å². The molecule has 6 nitrogen and oxygen atoms in total. The number of nitrogens with zero attached hydrogens (tertiary/aromatic N) is 1. The Morgan fingerprint density at radius 1 is 0.900 bits per heavy atom. The minimum atomic E-state index is -3.54. The molecule has 0 radical (unpaired) electrons. The lowest BCUT2D eigenvalue weighted by molar-refractivity contribution is 0.163. The predicted molar refractivity (Wildman–Crippen MR) is 85.4 cm³/mol. The second-order valence-electron chi connectivity index (χ2n) is 4.02. The topological polar surface area (TPSA) is 57.2 Å². The van der Waals surface area contributed by atoms with E-state index in [0.717, 1.165) is 0 Å². The summed E-state index contributed by atoms with van der Waals surface area (Å²) in [5.41, 5.74) is 0. The molecule has 0 aromatic heterocycles. The summed E-state index contributed by atoms with van der Waals surface area (Å²) in [5.74, 6) is 0. The van der Waals surface area contributed by atoms with E-state index in [1.165, 1.54) is 4.44 Å². The Labute approximate surface area is 127 Å². The minimum Gasteiger partial charge on any atom is -0.318 e. The molecular weight excluding hydrogens is 320 g/mol.